The zero-order valence-electron chi connectivity index (χ0n) is 11.9. The summed E-state index contributed by atoms with van der Waals surface area (Å²) >= 11 is 1.81. The van der Waals surface area contributed by atoms with E-state index < -0.39 is 0 Å². The van der Waals surface area contributed by atoms with Crippen LogP contribution in [0.5, 0.6) is 0 Å². The summed E-state index contributed by atoms with van der Waals surface area (Å²) in [4.78, 5) is 16.2. The van der Waals surface area contributed by atoms with Crippen molar-refractivity contribution in [2.24, 2.45) is 11.7 Å². The van der Waals surface area contributed by atoms with Crippen molar-refractivity contribution in [3.05, 3.63) is 21.9 Å². The van der Waals surface area contributed by atoms with Gasteiger partial charge < -0.3 is 10.6 Å². The number of thiophene rings is 1. The monoisotopic (exact) mass is 314 g/mol. The molecule has 1 aromatic rings. The fourth-order valence-electron chi connectivity index (χ4n) is 3.42. The predicted molar refractivity (Wildman–Crippen MR) is 85.2 cm³/mol. The van der Waals surface area contributed by atoms with E-state index in [0.29, 0.717) is 0 Å². The number of nitrogens with two attached hydrogens (primary N) is 1. The maximum absolute atomic E-state index is 12.7. The average molecular weight is 315 g/mol. The lowest BCUT2D eigenvalue weighted by Gasteiger charge is -2.40. The van der Waals surface area contributed by atoms with Crippen LogP contribution in [-0.4, -0.2) is 22.9 Å². The number of fused-ring (bicyclic) bond motifs is 1. The highest BCUT2D eigenvalue weighted by Gasteiger charge is 2.40. The van der Waals surface area contributed by atoms with E-state index in [1.807, 2.05) is 16.2 Å². The van der Waals surface area contributed by atoms with Gasteiger partial charge in [-0.25, -0.2) is 0 Å². The quantitative estimate of drug-likeness (QED) is 0.866. The van der Waals surface area contributed by atoms with E-state index >= 15 is 0 Å². The van der Waals surface area contributed by atoms with E-state index in [1.165, 1.54) is 10.4 Å². The molecule has 0 bridgehead atoms. The van der Waals surface area contributed by atoms with E-state index in [-0.39, 0.29) is 29.8 Å². The lowest BCUT2D eigenvalue weighted by atomic mass is 9.74. The molecule has 2 aliphatic rings. The Labute approximate surface area is 130 Å². The summed E-state index contributed by atoms with van der Waals surface area (Å²) < 4.78 is 0. The Hall–Kier alpha value is -0.580. The first-order valence-electron chi connectivity index (χ1n) is 7.21. The molecular weight excluding hydrogens is 292 g/mol. The predicted octanol–water partition coefficient (Wildman–Crippen LogP) is 2.96. The first-order chi connectivity index (χ1) is 9.08. The van der Waals surface area contributed by atoms with E-state index in [1.54, 1.807) is 0 Å². The molecule has 2 N–H and O–H groups in total. The Morgan fingerprint density at radius 2 is 2.30 bits per heavy atom. The number of halogens is 1. The summed E-state index contributed by atoms with van der Waals surface area (Å²) in [5, 5.41) is 2.13. The third-order valence-electron chi connectivity index (χ3n) is 4.67. The minimum absolute atomic E-state index is 0. The van der Waals surface area contributed by atoms with E-state index in [9.17, 15) is 4.79 Å². The minimum atomic E-state index is -0.315. The van der Waals surface area contributed by atoms with Crippen LogP contribution in [0, 0.1) is 5.92 Å². The molecule has 1 aliphatic heterocycles. The van der Waals surface area contributed by atoms with Crippen LogP contribution in [0.3, 0.4) is 0 Å². The van der Waals surface area contributed by atoms with Gasteiger partial charge in [0.05, 0.1) is 5.92 Å². The minimum Gasteiger partial charge on any atom is -0.338 e. The molecule has 2 atom stereocenters. The topological polar surface area (TPSA) is 46.3 Å². The fraction of sp³-hybridized carbons (Fsp3) is 0.667. The normalized spacial score (nSPS) is 29.5. The SMILES string of the molecule is CC1(N)CCCCC1C(=O)N1CCc2sccc2C1.Cl. The second-order valence-corrected chi connectivity index (χ2v) is 7.18. The maximum Gasteiger partial charge on any atom is 0.227 e. The maximum atomic E-state index is 12.7. The van der Waals surface area contributed by atoms with Gasteiger partial charge in [0.15, 0.2) is 0 Å². The molecule has 0 saturated heterocycles. The third kappa shape index (κ3) is 2.87. The first-order valence-corrected chi connectivity index (χ1v) is 8.09. The summed E-state index contributed by atoms with van der Waals surface area (Å²) in [7, 11) is 0. The Morgan fingerprint density at radius 1 is 1.50 bits per heavy atom. The van der Waals surface area contributed by atoms with Crippen LogP contribution in [0.4, 0.5) is 0 Å². The summed E-state index contributed by atoms with van der Waals surface area (Å²) in [6.07, 6.45) is 5.23. The summed E-state index contributed by atoms with van der Waals surface area (Å²) in [5.41, 5.74) is 7.38. The molecule has 2 heterocycles. The molecule has 112 valence electrons. The van der Waals surface area contributed by atoms with E-state index in [4.69, 9.17) is 5.73 Å². The van der Waals surface area contributed by atoms with Gasteiger partial charge in [-0.3, -0.25) is 4.79 Å². The summed E-state index contributed by atoms with van der Waals surface area (Å²) in [6, 6.07) is 2.15. The molecule has 1 saturated carbocycles. The molecule has 1 fully saturated rings. The van der Waals surface area contributed by atoms with Gasteiger partial charge in [0.1, 0.15) is 0 Å². The molecule has 3 nitrogen and oxygen atoms in total. The van der Waals surface area contributed by atoms with Gasteiger partial charge in [-0.05, 0) is 43.2 Å². The van der Waals surface area contributed by atoms with Crippen molar-refractivity contribution in [2.75, 3.05) is 6.54 Å². The first kappa shape index (κ1) is 15.8. The number of amides is 1. The highest BCUT2D eigenvalue weighted by Crippen LogP contribution is 2.34. The van der Waals surface area contributed by atoms with Gasteiger partial charge in [0.2, 0.25) is 5.91 Å². The van der Waals surface area contributed by atoms with Crippen LogP contribution in [-0.2, 0) is 17.8 Å². The molecule has 0 spiro atoms. The van der Waals surface area contributed by atoms with Crippen molar-refractivity contribution in [3.63, 3.8) is 0 Å². The van der Waals surface area contributed by atoms with Gasteiger partial charge in [0.25, 0.3) is 0 Å². The smallest absolute Gasteiger partial charge is 0.227 e. The van der Waals surface area contributed by atoms with Crippen molar-refractivity contribution in [2.45, 2.75) is 51.1 Å². The number of hydrogen-bond acceptors (Lipinski definition) is 3. The van der Waals surface area contributed by atoms with Crippen molar-refractivity contribution < 1.29 is 4.79 Å². The van der Waals surface area contributed by atoms with Crippen LogP contribution < -0.4 is 5.73 Å². The Balaban J connectivity index is 0.00000147. The molecule has 0 aromatic carbocycles. The molecule has 0 radical (unpaired) electrons. The molecule has 5 heteroatoms. The van der Waals surface area contributed by atoms with Gasteiger partial charge in [-0.1, -0.05) is 12.8 Å². The van der Waals surface area contributed by atoms with Gasteiger partial charge in [-0.15, -0.1) is 23.7 Å². The van der Waals surface area contributed by atoms with Crippen LogP contribution >= 0.6 is 23.7 Å². The Bertz CT molecular complexity index is 486. The van der Waals surface area contributed by atoms with Crippen LogP contribution in [0.25, 0.3) is 0 Å². The second kappa shape index (κ2) is 6.04. The number of nitrogens with zero attached hydrogens (tertiary/aromatic N) is 1. The standard InChI is InChI=1S/C15H22N2OS.ClH/c1-15(16)7-3-2-4-12(15)14(18)17-8-5-13-11(10-17)6-9-19-13;/h6,9,12H,2-5,7-8,10,16H2,1H3;1H. The third-order valence-corrected chi connectivity index (χ3v) is 5.69. The van der Waals surface area contributed by atoms with Gasteiger partial charge in [0, 0.05) is 23.5 Å². The highest BCUT2D eigenvalue weighted by atomic mass is 35.5. The van der Waals surface area contributed by atoms with Crippen molar-refractivity contribution in [1.29, 1.82) is 0 Å². The molecule has 2 unspecified atom stereocenters. The lowest BCUT2D eigenvalue weighted by molar-refractivity contribution is -0.139. The number of rotatable bonds is 1. The average Bonchev–Trinajstić information content (AvgIpc) is 2.84. The van der Waals surface area contributed by atoms with Crippen LogP contribution in [0.2, 0.25) is 0 Å². The van der Waals surface area contributed by atoms with Crippen molar-refractivity contribution in [3.8, 4) is 0 Å². The molecular formula is C15H23ClN2OS. The Kier molecular flexibility index (Phi) is 4.77. The van der Waals surface area contributed by atoms with Crippen molar-refractivity contribution in [1.82, 2.24) is 4.90 Å². The van der Waals surface area contributed by atoms with E-state index in [2.05, 4.69) is 18.4 Å². The molecule has 3 rings (SSSR count). The molecule has 1 aromatic heterocycles. The summed E-state index contributed by atoms with van der Waals surface area (Å²) in [5.74, 6) is 0.294. The highest BCUT2D eigenvalue weighted by molar-refractivity contribution is 7.10. The van der Waals surface area contributed by atoms with Crippen LogP contribution in [0.15, 0.2) is 11.4 Å². The zero-order valence-corrected chi connectivity index (χ0v) is 13.6. The zero-order chi connectivity index (χ0) is 13.5. The molecule has 20 heavy (non-hydrogen) atoms. The number of carbonyl (C=O) groups excluding carboxylic acids is 1. The van der Waals surface area contributed by atoms with E-state index in [0.717, 1.165) is 45.2 Å². The second-order valence-electron chi connectivity index (χ2n) is 6.18. The van der Waals surface area contributed by atoms with Gasteiger partial charge in [-0.2, -0.15) is 0 Å². The van der Waals surface area contributed by atoms with Crippen LogP contribution in [0.1, 0.15) is 43.0 Å². The lowest BCUT2D eigenvalue weighted by Crippen LogP contribution is -2.54. The number of hydrogen-bond donors (Lipinski definition) is 1. The molecule has 1 aliphatic carbocycles. The number of carbonyl (C=O) groups is 1. The molecule has 1 amide bonds. The Morgan fingerprint density at radius 3 is 3.05 bits per heavy atom. The largest absolute Gasteiger partial charge is 0.338 e. The fourth-order valence-corrected chi connectivity index (χ4v) is 4.31. The van der Waals surface area contributed by atoms with Gasteiger partial charge >= 0.3 is 0 Å². The van der Waals surface area contributed by atoms with Crippen molar-refractivity contribution >= 4 is 29.7 Å². The summed E-state index contributed by atoms with van der Waals surface area (Å²) in [6.45, 7) is 3.69.